The van der Waals surface area contributed by atoms with Crippen molar-refractivity contribution in [2.45, 2.75) is 84.3 Å². The van der Waals surface area contributed by atoms with Gasteiger partial charge in [0.1, 0.15) is 12.4 Å². The van der Waals surface area contributed by atoms with Crippen molar-refractivity contribution in [1.82, 2.24) is 0 Å². The maximum Gasteiger partial charge on any atom is 0.310 e. The molecule has 0 aromatic heterocycles. The van der Waals surface area contributed by atoms with Gasteiger partial charge in [0.15, 0.2) is 12.1 Å². The minimum absolute atomic E-state index is 0.103. The number of carbonyl (C=O) groups is 2. The zero-order valence-corrected chi connectivity index (χ0v) is 16.2. The minimum Gasteiger partial charge on any atom is -0.481 e. The minimum atomic E-state index is -1.15. The van der Waals surface area contributed by atoms with E-state index < -0.39 is 28.9 Å². The Morgan fingerprint density at radius 2 is 1.96 bits per heavy atom. The highest BCUT2D eigenvalue weighted by Crippen LogP contribution is 2.55. The van der Waals surface area contributed by atoms with Crippen molar-refractivity contribution in [1.29, 1.82) is 0 Å². The van der Waals surface area contributed by atoms with E-state index in [9.17, 15) is 14.7 Å². The number of hydrogen-bond donors (Lipinski definition) is 1. The van der Waals surface area contributed by atoms with Gasteiger partial charge in [0.05, 0.1) is 24.2 Å². The van der Waals surface area contributed by atoms with Gasteiger partial charge in [0.25, 0.3) is 0 Å². The first kappa shape index (κ1) is 19.7. The van der Waals surface area contributed by atoms with Crippen molar-refractivity contribution in [3.63, 3.8) is 0 Å². The zero-order valence-electron chi connectivity index (χ0n) is 16.2. The van der Waals surface area contributed by atoms with Crippen LogP contribution in [-0.4, -0.2) is 54.4 Å². The maximum atomic E-state index is 12.0. The molecule has 7 atom stereocenters. The molecule has 2 aliphatic heterocycles. The van der Waals surface area contributed by atoms with Crippen LogP contribution in [0.3, 0.4) is 0 Å². The second-order valence-electron chi connectivity index (χ2n) is 8.76. The van der Waals surface area contributed by atoms with Gasteiger partial charge in [-0.15, -0.1) is 0 Å². The van der Waals surface area contributed by atoms with Gasteiger partial charge in [0, 0.05) is 11.8 Å². The quantitative estimate of drug-likeness (QED) is 0.743. The van der Waals surface area contributed by atoms with Gasteiger partial charge >= 0.3 is 5.97 Å². The van der Waals surface area contributed by atoms with Crippen molar-refractivity contribution >= 4 is 12.3 Å². The van der Waals surface area contributed by atoms with Crippen LogP contribution in [0.4, 0.5) is 0 Å². The van der Waals surface area contributed by atoms with Gasteiger partial charge in [0.2, 0.25) is 0 Å². The van der Waals surface area contributed by atoms with E-state index in [1.165, 1.54) is 0 Å². The Bertz CT molecular complexity index is 576. The lowest BCUT2D eigenvalue weighted by atomic mass is 9.65. The lowest BCUT2D eigenvalue weighted by molar-refractivity contribution is -0.233. The zero-order chi connectivity index (χ0) is 19.3. The number of carboxylic acids is 1. The second-order valence-corrected chi connectivity index (χ2v) is 8.76. The molecule has 0 aromatic carbocycles. The summed E-state index contributed by atoms with van der Waals surface area (Å²) in [5.74, 6) is -1.84. The Morgan fingerprint density at radius 1 is 1.27 bits per heavy atom. The summed E-state index contributed by atoms with van der Waals surface area (Å²) in [6, 6.07) is 0. The molecule has 3 rings (SSSR count). The Balaban J connectivity index is 1.64. The first-order valence-electron chi connectivity index (χ1n) is 9.35. The normalized spacial score (nSPS) is 47.5. The molecular weight excluding hydrogens is 340 g/mol. The molecule has 3 aliphatic rings. The highest BCUT2D eigenvalue weighted by Gasteiger charge is 2.60. The average molecular weight is 370 g/mol. The molecular formula is C19H30O7. The van der Waals surface area contributed by atoms with E-state index in [4.69, 9.17) is 18.9 Å². The fourth-order valence-corrected chi connectivity index (χ4v) is 4.68. The number of rotatable bonds is 5. The highest BCUT2D eigenvalue weighted by molar-refractivity contribution is 5.82. The third kappa shape index (κ3) is 3.09. The molecule has 0 radical (unpaired) electrons. The van der Waals surface area contributed by atoms with Gasteiger partial charge in [-0.05, 0) is 46.5 Å². The molecule has 1 N–H and O–H groups in total. The molecule has 7 nitrogen and oxygen atoms in total. The van der Waals surface area contributed by atoms with Crippen LogP contribution in [-0.2, 0) is 28.5 Å². The number of aldehydes is 1. The Labute approximate surface area is 154 Å². The number of carboxylic acid groups (broad SMARTS) is 1. The molecule has 3 fully saturated rings. The second kappa shape index (κ2) is 6.55. The molecule has 0 unspecified atom stereocenters. The summed E-state index contributed by atoms with van der Waals surface area (Å²) in [6.45, 7) is 9.31. The van der Waals surface area contributed by atoms with Gasteiger partial charge in [-0.2, -0.15) is 0 Å². The van der Waals surface area contributed by atoms with Crippen molar-refractivity contribution in [3.05, 3.63) is 0 Å². The summed E-state index contributed by atoms with van der Waals surface area (Å²) < 4.78 is 23.7. The smallest absolute Gasteiger partial charge is 0.310 e. The summed E-state index contributed by atoms with van der Waals surface area (Å²) in [6.07, 6.45) is 1.65. The SMILES string of the molecule is C[C@H]1O[C@@H](OC[C@H]2CC[C@@](C)(C=O)[C@]2(C)C(=O)O)C[C@@H]2OC(C)(C)O[C@@H]21. The molecule has 0 bridgehead atoms. The molecule has 1 aliphatic carbocycles. The Hall–Kier alpha value is -1.02. The lowest BCUT2D eigenvalue weighted by Gasteiger charge is -2.39. The monoisotopic (exact) mass is 370 g/mol. The van der Waals surface area contributed by atoms with Crippen molar-refractivity contribution in [2.24, 2.45) is 16.7 Å². The Kier molecular flexibility index (Phi) is 4.97. The molecule has 2 heterocycles. The van der Waals surface area contributed by atoms with E-state index in [-0.39, 0.29) is 30.8 Å². The summed E-state index contributed by atoms with van der Waals surface area (Å²) in [5.41, 5.74) is -2.03. The molecule has 1 saturated carbocycles. The fraction of sp³-hybridized carbons (Fsp3) is 0.895. The van der Waals surface area contributed by atoms with E-state index in [2.05, 4.69) is 0 Å². The number of ether oxygens (including phenoxy) is 4. The van der Waals surface area contributed by atoms with Gasteiger partial charge < -0.3 is 28.8 Å². The van der Waals surface area contributed by atoms with Crippen molar-refractivity contribution in [3.8, 4) is 0 Å². The van der Waals surface area contributed by atoms with E-state index in [1.807, 2.05) is 20.8 Å². The van der Waals surface area contributed by atoms with E-state index in [0.717, 1.165) is 6.29 Å². The predicted molar refractivity (Wildman–Crippen MR) is 91.4 cm³/mol. The van der Waals surface area contributed by atoms with Gasteiger partial charge in [-0.25, -0.2) is 0 Å². The summed E-state index contributed by atoms with van der Waals surface area (Å²) >= 11 is 0. The van der Waals surface area contributed by atoms with Crippen LogP contribution in [0.1, 0.15) is 53.9 Å². The molecule has 7 heteroatoms. The van der Waals surface area contributed by atoms with Crippen LogP contribution in [0, 0.1) is 16.7 Å². The largest absolute Gasteiger partial charge is 0.481 e. The molecule has 0 spiro atoms. The molecule has 0 amide bonds. The Morgan fingerprint density at radius 3 is 2.58 bits per heavy atom. The van der Waals surface area contributed by atoms with Crippen LogP contribution in [0.25, 0.3) is 0 Å². The summed E-state index contributed by atoms with van der Waals surface area (Å²) in [7, 11) is 0. The van der Waals surface area contributed by atoms with Crippen LogP contribution in [0.15, 0.2) is 0 Å². The number of aliphatic carboxylic acids is 1. The average Bonchev–Trinajstić information content (AvgIpc) is 3.01. The molecule has 148 valence electrons. The lowest BCUT2D eigenvalue weighted by Crippen LogP contribution is -2.48. The number of fused-ring (bicyclic) bond motifs is 1. The summed E-state index contributed by atoms with van der Waals surface area (Å²) in [4.78, 5) is 23.5. The standard InChI is InChI=1S/C19H30O7/c1-11-15-13(25-17(2,3)26-15)8-14(24-11)23-9-12-6-7-18(4,10-20)19(12,5)16(21)22/h10-15H,6-9H2,1-5H3,(H,21,22)/t11-,12-,13+,14-,15-,18+,19+/m1/s1. The van der Waals surface area contributed by atoms with Gasteiger partial charge in [-0.1, -0.05) is 6.92 Å². The van der Waals surface area contributed by atoms with E-state index in [1.54, 1.807) is 13.8 Å². The van der Waals surface area contributed by atoms with Crippen molar-refractivity contribution in [2.75, 3.05) is 6.61 Å². The molecule has 2 saturated heterocycles. The fourth-order valence-electron chi connectivity index (χ4n) is 4.68. The van der Waals surface area contributed by atoms with Crippen LogP contribution < -0.4 is 0 Å². The molecule has 0 aromatic rings. The third-order valence-corrected chi connectivity index (χ3v) is 6.68. The first-order chi connectivity index (χ1) is 12.0. The number of carbonyl (C=O) groups excluding carboxylic acids is 1. The van der Waals surface area contributed by atoms with E-state index >= 15 is 0 Å². The predicted octanol–water partition coefficient (Wildman–Crippen LogP) is 2.36. The van der Waals surface area contributed by atoms with Crippen molar-refractivity contribution < 1.29 is 33.6 Å². The number of hydrogen-bond acceptors (Lipinski definition) is 6. The van der Waals surface area contributed by atoms with E-state index in [0.29, 0.717) is 19.3 Å². The first-order valence-corrected chi connectivity index (χ1v) is 9.35. The molecule has 26 heavy (non-hydrogen) atoms. The summed E-state index contributed by atoms with van der Waals surface area (Å²) in [5, 5.41) is 9.79. The van der Waals surface area contributed by atoms with Gasteiger partial charge in [-0.3, -0.25) is 4.79 Å². The topological polar surface area (TPSA) is 91.3 Å². The van der Waals surface area contributed by atoms with Crippen LogP contribution >= 0.6 is 0 Å². The van der Waals surface area contributed by atoms with Crippen LogP contribution in [0.2, 0.25) is 0 Å². The maximum absolute atomic E-state index is 12.0. The highest BCUT2D eigenvalue weighted by atomic mass is 16.8. The van der Waals surface area contributed by atoms with Crippen LogP contribution in [0.5, 0.6) is 0 Å². The third-order valence-electron chi connectivity index (χ3n) is 6.68.